The predicted molar refractivity (Wildman–Crippen MR) is 113 cm³/mol. The van der Waals surface area contributed by atoms with Gasteiger partial charge in [-0.25, -0.2) is 4.98 Å². The molecule has 0 aliphatic heterocycles. The summed E-state index contributed by atoms with van der Waals surface area (Å²) in [6.45, 7) is 0. The van der Waals surface area contributed by atoms with Crippen molar-refractivity contribution < 1.29 is 0 Å². The molecular formula is C21H14ClN7. The van der Waals surface area contributed by atoms with Crippen molar-refractivity contribution in [3.8, 4) is 22.8 Å². The number of nitrogens with one attached hydrogen (secondary N) is 2. The van der Waals surface area contributed by atoms with Gasteiger partial charge < -0.3 is 5.32 Å². The fraction of sp³-hybridized carbons (Fsp3) is 0. The molecular weight excluding hydrogens is 386 g/mol. The molecule has 5 aromatic rings. The first-order valence-corrected chi connectivity index (χ1v) is 9.27. The smallest absolute Gasteiger partial charge is 0.232 e. The van der Waals surface area contributed by atoms with Crippen molar-refractivity contribution in [1.29, 1.82) is 0 Å². The number of anilines is 2. The molecule has 0 bridgehead atoms. The van der Waals surface area contributed by atoms with Gasteiger partial charge in [0, 0.05) is 28.9 Å². The lowest BCUT2D eigenvalue weighted by atomic mass is 10.2. The average molecular weight is 400 g/mol. The molecule has 29 heavy (non-hydrogen) atoms. The number of halogens is 1. The summed E-state index contributed by atoms with van der Waals surface area (Å²) in [4.78, 5) is 17.9. The maximum Gasteiger partial charge on any atom is 0.232 e. The lowest BCUT2D eigenvalue weighted by molar-refractivity contribution is 1.05. The lowest BCUT2D eigenvalue weighted by Gasteiger charge is -2.09. The summed E-state index contributed by atoms with van der Waals surface area (Å²) in [6, 6.07) is 19.0. The average Bonchev–Trinajstić information content (AvgIpc) is 3.17. The maximum atomic E-state index is 6.38. The van der Waals surface area contributed by atoms with Crippen molar-refractivity contribution in [3.05, 3.63) is 78.1 Å². The molecule has 0 fully saturated rings. The zero-order chi connectivity index (χ0) is 19.6. The normalized spacial score (nSPS) is 10.9. The Bertz CT molecular complexity index is 1300. The van der Waals surface area contributed by atoms with E-state index in [9.17, 15) is 0 Å². The molecule has 0 saturated heterocycles. The molecule has 140 valence electrons. The molecule has 2 aromatic carbocycles. The Morgan fingerprint density at radius 2 is 1.55 bits per heavy atom. The van der Waals surface area contributed by atoms with E-state index < -0.39 is 0 Å². The molecule has 0 spiro atoms. The quantitative estimate of drug-likeness (QED) is 0.447. The van der Waals surface area contributed by atoms with Gasteiger partial charge in [0.2, 0.25) is 5.95 Å². The van der Waals surface area contributed by atoms with Gasteiger partial charge in [0.15, 0.2) is 17.5 Å². The molecule has 0 amide bonds. The zero-order valence-corrected chi connectivity index (χ0v) is 15.8. The van der Waals surface area contributed by atoms with Crippen molar-refractivity contribution in [2.45, 2.75) is 0 Å². The second-order valence-electron chi connectivity index (χ2n) is 6.26. The molecule has 0 unspecified atom stereocenters. The van der Waals surface area contributed by atoms with E-state index in [4.69, 9.17) is 11.6 Å². The van der Waals surface area contributed by atoms with Crippen LogP contribution in [0.25, 0.3) is 33.7 Å². The Morgan fingerprint density at radius 1 is 0.793 bits per heavy atom. The molecule has 3 heterocycles. The molecule has 3 aromatic heterocycles. The molecule has 2 N–H and O–H groups in total. The van der Waals surface area contributed by atoms with E-state index >= 15 is 0 Å². The highest BCUT2D eigenvalue weighted by molar-refractivity contribution is 6.33. The van der Waals surface area contributed by atoms with E-state index in [1.165, 1.54) is 0 Å². The number of fused-ring (bicyclic) bond motifs is 1. The number of pyridine rings is 1. The highest BCUT2D eigenvalue weighted by atomic mass is 35.5. The minimum absolute atomic E-state index is 0.374. The molecule has 0 atom stereocenters. The van der Waals surface area contributed by atoms with Gasteiger partial charge >= 0.3 is 0 Å². The summed E-state index contributed by atoms with van der Waals surface area (Å²) in [7, 11) is 0. The van der Waals surface area contributed by atoms with E-state index in [1.54, 1.807) is 18.5 Å². The number of rotatable bonds is 4. The van der Waals surface area contributed by atoms with Gasteiger partial charge in [0.1, 0.15) is 0 Å². The Morgan fingerprint density at radius 3 is 2.41 bits per heavy atom. The van der Waals surface area contributed by atoms with Crippen LogP contribution in [0.1, 0.15) is 0 Å². The Kier molecular flexibility index (Phi) is 4.34. The minimum Gasteiger partial charge on any atom is -0.307 e. The topological polar surface area (TPSA) is 92.3 Å². The highest BCUT2D eigenvalue weighted by Gasteiger charge is 2.14. The Balaban J connectivity index is 1.64. The van der Waals surface area contributed by atoms with Crippen LogP contribution in [0.4, 0.5) is 11.8 Å². The first-order valence-electron chi connectivity index (χ1n) is 8.89. The maximum absolute atomic E-state index is 6.38. The standard InChI is InChI=1S/C21H14ClN7/c22-16-7-3-1-5-14(16)19-24-18(13-9-11-23-12-10-13)25-21(26-19)27-20-15-6-2-4-8-17(15)28-29-20/h1-12H,(H2,24,25,26,27,28,29). The van der Waals surface area contributed by atoms with Crippen molar-refractivity contribution in [2.75, 3.05) is 5.32 Å². The predicted octanol–water partition coefficient (Wildman–Crippen LogP) is 4.87. The summed E-state index contributed by atoms with van der Waals surface area (Å²) in [5.41, 5.74) is 2.47. The molecule has 0 saturated carbocycles. The van der Waals surface area contributed by atoms with Gasteiger partial charge in [-0.05, 0) is 36.4 Å². The van der Waals surface area contributed by atoms with Crippen LogP contribution in [0.15, 0.2) is 73.1 Å². The van der Waals surface area contributed by atoms with Crippen LogP contribution in [0.5, 0.6) is 0 Å². The number of para-hydroxylation sites is 1. The first kappa shape index (κ1) is 17.3. The number of hydrogen-bond donors (Lipinski definition) is 2. The Hall–Kier alpha value is -3.84. The monoisotopic (exact) mass is 399 g/mol. The van der Waals surface area contributed by atoms with Crippen molar-refractivity contribution in [2.24, 2.45) is 0 Å². The zero-order valence-electron chi connectivity index (χ0n) is 15.0. The number of nitrogens with zero attached hydrogens (tertiary/aromatic N) is 5. The summed E-state index contributed by atoms with van der Waals surface area (Å²) in [6.07, 6.45) is 3.39. The molecule has 5 rings (SSSR count). The van der Waals surface area contributed by atoms with Crippen LogP contribution in [0.3, 0.4) is 0 Å². The second-order valence-corrected chi connectivity index (χ2v) is 6.67. The summed E-state index contributed by atoms with van der Waals surface area (Å²) < 4.78 is 0. The minimum atomic E-state index is 0.374. The van der Waals surface area contributed by atoms with Gasteiger partial charge in [-0.15, -0.1) is 0 Å². The molecule has 0 radical (unpaired) electrons. The summed E-state index contributed by atoms with van der Waals surface area (Å²) in [5, 5.41) is 12.0. The second kappa shape index (κ2) is 7.29. The number of H-pyrrole nitrogens is 1. The third-order valence-corrected chi connectivity index (χ3v) is 4.72. The third-order valence-electron chi connectivity index (χ3n) is 4.39. The summed E-state index contributed by atoms with van der Waals surface area (Å²) in [5.74, 6) is 2.00. The van der Waals surface area contributed by atoms with Gasteiger partial charge in [-0.1, -0.05) is 35.9 Å². The van der Waals surface area contributed by atoms with E-state index in [2.05, 4.69) is 35.5 Å². The first-order chi connectivity index (χ1) is 14.3. The van der Waals surface area contributed by atoms with E-state index in [-0.39, 0.29) is 0 Å². The van der Waals surface area contributed by atoms with Gasteiger partial charge in [-0.3, -0.25) is 10.1 Å². The van der Waals surface area contributed by atoms with Crippen LogP contribution in [0.2, 0.25) is 5.02 Å². The number of aromatic nitrogens is 6. The van der Waals surface area contributed by atoms with E-state index in [0.29, 0.717) is 28.4 Å². The van der Waals surface area contributed by atoms with Crippen molar-refractivity contribution in [1.82, 2.24) is 30.1 Å². The molecule has 8 heteroatoms. The summed E-state index contributed by atoms with van der Waals surface area (Å²) >= 11 is 6.38. The molecule has 0 aliphatic rings. The largest absolute Gasteiger partial charge is 0.307 e. The van der Waals surface area contributed by atoms with Crippen LogP contribution in [-0.2, 0) is 0 Å². The van der Waals surface area contributed by atoms with Crippen LogP contribution >= 0.6 is 11.6 Å². The van der Waals surface area contributed by atoms with Crippen molar-refractivity contribution >= 4 is 34.3 Å². The molecule has 0 aliphatic carbocycles. The molecule has 7 nitrogen and oxygen atoms in total. The van der Waals surface area contributed by atoms with E-state index in [0.717, 1.165) is 22.0 Å². The van der Waals surface area contributed by atoms with Gasteiger partial charge in [-0.2, -0.15) is 15.1 Å². The third kappa shape index (κ3) is 3.39. The number of aromatic amines is 1. The van der Waals surface area contributed by atoms with Crippen LogP contribution in [0, 0.1) is 0 Å². The van der Waals surface area contributed by atoms with Gasteiger partial charge in [0.05, 0.1) is 10.5 Å². The SMILES string of the molecule is Clc1ccccc1-c1nc(Nc2n[nH]c3ccccc23)nc(-c2ccncc2)n1. The fourth-order valence-corrected chi connectivity index (χ4v) is 3.21. The Labute approximate surface area is 170 Å². The van der Waals surface area contributed by atoms with E-state index in [1.807, 2.05) is 54.6 Å². The van der Waals surface area contributed by atoms with Crippen LogP contribution in [-0.4, -0.2) is 30.1 Å². The lowest BCUT2D eigenvalue weighted by Crippen LogP contribution is -2.04. The van der Waals surface area contributed by atoms with Gasteiger partial charge in [0.25, 0.3) is 0 Å². The van der Waals surface area contributed by atoms with Crippen LogP contribution < -0.4 is 5.32 Å². The number of hydrogen-bond acceptors (Lipinski definition) is 6. The van der Waals surface area contributed by atoms with Crippen molar-refractivity contribution in [3.63, 3.8) is 0 Å². The fourth-order valence-electron chi connectivity index (χ4n) is 2.99. The number of benzene rings is 2. The highest BCUT2D eigenvalue weighted by Crippen LogP contribution is 2.28.